The second kappa shape index (κ2) is 5.85. The fraction of sp³-hybridized carbons (Fsp3) is 0.538. The van der Waals surface area contributed by atoms with E-state index in [0.717, 1.165) is 6.42 Å². The van der Waals surface area contributed by atoms with Gasteiger partial charge in [0.05, 0.1) is 11.1 Å². The van der Waals surface area contributed by atoms with Crippen LogP contribution in [-0.2, 0) is 11.3 Å². The van der Waals surface area contributed by atoms with Crippen LogP contribution in [0.2, 0.25) is 5.02 Å². The lowest BCUT2D eigenvalue weighted by Gasteiger charge is -2.21. The molecule has 2 heterocycles. The number of hydrogen-bond acceptors (Lipinski definition) is 3. The minimum absolute atomic E-state index is 0.0325. The highest BCUT2D eigenvalue weighted by atomic mass is 35.5. The third-order valence-corrected chi connectivity index (χ3v) is 3.58. The molecule has 1 saturated heterocycles. The lowest BCUT2D eigenvalue weighted by Crippen LogP contribution is -2.41. The summed E-state index contributed by atoms with van der Waals surface area (Å²) in [6, 6.07) is 0.546. The number of nitrogens with zero attached hydrogens (tertiary/aromatic N) is 2. The number of carboxylic acids is 1. The van der Waals surface area contributed by atoms with Gasteiger partial charge in [-0.2, -0.15) is 0 Å². The van der Waals surface area contributed by atoms with Gasteiger partial charge >= 0.3 is 5.97 Å². The predicted molar refractivity (Wildman–Crippen MR) is 72.8 cm³/mol. The maximum atomic E-state index is 12.5. The van der Waals surface area contributed by atoms with E-state index in [1.54, 1.807) is 10.8 Å². The van der Waals surface area contributed by atoms with E-state index in [-0.39, 0.29) is 13.0 Å². The normalized spacial score (nSPS) is 22.2. The molecule has 2 atom stereocenters. The van der Waals surface area contributed by atoms with Crippen molar-refractivity contribution in [2.45, 2.75) is 38.5 Å². The zero-order valence-corrected chi connectivity index (χ0v) is 11.9. The largest absolute Gasteiger partial charge is 0.480 e. The Morgan fingerprint density at radius 1 is 1.50 bits per heavy atom. The van der Waals surface area contributed by atoms with E-state index < -0.39 is 24.0 Å². The Morgan fingerprint density at radius 2 is 2.20 bits per heavy atom. The number of carbonyl (C=O) groups is 2. The molecule has 1 aromatic heterocycles. The first-order valence-corrected chi connectivity index (χ1v) is 6.89. The minimum Gasteiger partial charge on any atom is -0.480 e. The van der Waals surface area contributed by atoms with Gasteiger partial charge in [-0.25, -0.2) is 4.79 Å². The fourth-order valence-corrected chi connectivity index (χ4v) is 2.72. The van der Waals surface area contributed by atoms with Crippen molar-refractivity contribution in [1.82, 2.24) is 9.47 Å². The molecule has 0 unspecified atom stereocenters. The van der Waals surface area contributed by atoms with Crippen LogP contribution in [0.15, 0.2) is 12.3 Å². The Morgan fingerprint density at radius 3 is 2.80 bits per heavy atom. The second-order valence-electron chi connectivity index (χ2n) is 4.94. The molecule has 7 heteroatoms. The number of carbonyl (C=O) groups excluding carboxylic acids is 1. The molecule has 110 valence electrons. The number of hydrogen-bond donors (Lipinski definition) is 2. The standard InChI is InChI=1S/C13H17ClN2O4/c1-2-3-15-6-8(14)4-10(15)12(18)16-7-9(17)5-11(16)13(19)20/h4,6,9,11,17H,2-3,5,7H2,1H3,(H,19,20)/t9-,11-/m1/s1. The number of aryl methyl sites for hydroxylation is 1. The summed E-state index contributed by atoms with van der Waals surface area (Å²) in [5, 5.41) is 19.2. The van der Waals surface area contributed by atoms with E-state index in [9.17, 15) is 14.7 Å². The number of aromatic nitrogens is 1. The number of likely N-dealkylation sites (tertiary alicyclic amines) is 1. The maximum absolute atomic E-state index is 12.5. The first-order valence-electron chi connectivity index (χ1n) is 6.51. The van der Waals surface area contributed by atoms with Crippen molar-refractivity contribution in [2.24, 2.45) is 0 Å². The Balaban J connectivity index is 2.28. The van der Waals surface area contributed by atoms with Crippen LogP contribution in [0, 0.1) is 0 Å². The lowest BCUT2D eigenvalue weighted by molar-refractivity contribution is -0.141. The SMILES string of the molecule is CCCn1cc(Cl)cc1C(=O)N1C[C@H](O)C[C@@H]1C(=O)O. The molecule has 2 rings (SSSR count). The number of aliphatic hydroxyl groups excluding tert-OH is 1. The molecule has 0 radical (unpaired) electrons. The van der Waals surface area contributed by atoms with Gasteiger partial charge in [0.25, 0.3) is 5.91 Å². The molecule has 1 amide bonds. The van der Waals surface area contributed by atoms with Crippen molar-refractivity contribution in [3.05, 3.63) is 23.0 Å². The zero-order valence-electron chi connectivity index (χ0n) is 11.1. The molecule has 0 saturated carbocycles. The predicted octanol–water partition coefficient (Wildman–Crippen LogP) is 1.21. The molecular weight excluding hydrogens is 284 g/mol. The highest BCUT2D eigenvalue weighted by Gasteiger charge is 2.40. The monoisotopic (exact) mass is 300 g/mol. The summed E-state index contributed by atoms with van der Waals surface area (Å²) in [6.07, 6.45) is 1.74. The molecule has 1 aliphatic rings. The molecule has 1 aliphatic heterocycles. The summed E-state index contributed by atoms with van der Waals surface area (Å²) < 4.78 is 1.72. The lowest BCUT2D eigenvalue weighted by atomic mass is 10.2. The van der Waals surface area contributed by atoms with E-state index in [0.29, 0.717) is 17.3 Å². The van der Waals surface area contributed by atoms with E-state index in [1.807, 2.05) is 6.92 Å². The molecule has 1 fully saturated rings. The van der Waals surface area contributed by atoms with Crippen molar-refractivity contribution >= 4 is 23.5 Å². The number of halogens is 1. The summed E-state index contributed by atoms with van der Waals surface area (Å²) >= 11 is 5.92. The molecule has 2 N–H and O–H groups in total. The zero-order chi connectivity index (χ0) is 14.9. The summed E-state index contributed by atoms with van der Waals surface area (Å²) in [5.74, 6) is -1.51. The van der Waals surface area contributed by atoms with Gasteiger partial charge in [0.2, 0.25) is 0 Å². The quantitative estimate of drug-likeness (QED) is 0.875. The van der Waals surface area contributed by atoms with Crippen LogP contribution in [-0.4, -0.2) is 50.2 Å². The number of aliphatic carboxylic acids is 1. The van der Waals surface area contributed by atoms with Crippen LogP contribution in [0.1, 0.15) is 30.3 Å². The van der Waals surface area contributed by atoms with E-state index >= 15 is 0 Å². The van der Waals surface area contributed by atoms with Gasteiger partial charge in [-0.05, 0) is 12.5 Å². The van der Waals surface area contributed by atoms with Crippen LogP contribution >= 0.6 is 11.6 Å². The highest BCUT2D eigenvalue weighted by molar-refractivity contribution is 6.31. The van der Waals surface area contributed by atoms with Crippen molar-refractivity contribution in [3.8, 4) is 0 Å². The summed E-state index contributed by atoms with van der Waals surface area (Å²) in [7, 11) is 0. The van der Waals surface area contributed by atoms with Gasteiger partial charge in [0, 0.05) is 25.7 Å². The van der Waals surface area contributed by atoms with Crippen LogP contribution in [0.4, 0.5) is 0 Å². The van der Waals surface area contributed by atoms with Crippen molar-refractivity contribution in [3.63, 3.8) is 0 Å². The molecular formula is C13H17ClN2O4. The average molecular weight is 301 g/mol. The molecule has 0 bridgehead atoms. The van der Waals surface area contributed by atoms with Gasteiger partial charge < -0.3 is 19.7 Å². The van der Waals surface area contributed by atoms with Crippen LogP contribution in [0.5, 0.6) is 0 Å². The summed E-state index contributed by atoms with van der Waals surface area (Å²) in [6.45, 7) is 2.63. The number of aliphatic hydroxyl groups is 1. The summed E-state index contributed by atoms with van der Waals surface area (Å²) in [4.78, 5) is 24.9. The first kappa shape index (κ1) is 14.9. The van der Waals surface area contributed by atoms with Gasteiger partial charge in [-0.3, -0.25) is 4.79 Å². The Labute approximate surface area is 121 Å². The topological polar surface area (TPSA) is 82.8 Å². The third kappa shape index (κ3) is 2.81. The van der Waals surface area contributed by atoms with Crippen molar-refractivity contribution in [1.29, 1.82) is 0 Å². The Bertz CT molecular complexity index is 528. The number of β-amino-alcohol motifs (C(OH)–C–C–N with tert-alkyl or cyclic N) is 1. The second-order valence-corrected chi connectivity index (χ2v) is 5.37. The smallest absolute Gasteiger partial charge is 0.326 e. The van der Waals surface area contributed by atoms with Crippen LogP contribution in [0.3, 0.4) is 0 Å². The number of carboxylic acid groups (broad SMARTS) is 1. The maximum Gasteiger partial charge on any atom is 0.326 e. The van der Waals surface area contributed by atoms with Gasteiger partial charge in [0.15, 0.2) is 0 Å². The first-order chi connectivity index (χ1) is 9.43. The van der Waals surface area contributed by atoms with Crippen LogP contribution < -0.4 is 0 Å². The number of amides is 1. The van der Waals surface area contributed by atoms with Gasteiger partial charge in [-0.1, -0.05) is 18.5 Å². The van der Waals surface area contributed by atoms with Gasteiger partial charge in [0.1, 0.15) is 11.7 Å². The summed E-state index contributed by atoms with van der Waals surface area (Å²) in [5.41, 5.74) is 0.359. The Kier molecular flexibility index (Phi) is 4.35. The van der Waals surface area contributed by atoms with Gasteiger partial charge in [-0.15, -0.1) is 0 Å². The van der Waals surface area contributed by atoms with E-state index in [4.69, 9.17) is 16.7 Å². The highest BCUT2D eigenvalue weighted by Crippen LogP contribution is 2.23. The minimum atomic E-state index is -1.10. The Hall–Kier alpha value is -1.53. The molecule has 20 heavy (non-hydrogen) atoms. The third-order valence-electron chi connectivity index (χ3n) is 3.37. The molecule has 0 aliphatic carbocycles. The number of rotatable bonds is 4. The average Bonchev–Trinajstić information content (AvgIpc) is 2.92. The fourth-order valence-electron chi connectivity index (χ4n) is 2.50. The van der Waals surface area contributed by atoms with E-state index in [1.165, 1.54) is 11.0 Å². The van der Waals surface area contributed by atoms with Crippen molar-refractivity contribution < 1.29 is 19.8 Å². The van der Waals surface area contributed by atoms with Crippen molar-refractivity contribution in [2.75, 3.05) is 6.54 Å². The van der Waals surface area contributed by atoms with Crippen LogP contribution in [0.25, 0.3) is 0 Å². The molecule has 0 spiro atoms. The molecule has 0 aromatic carbocycles. The molecule has 6 nitrogen and oxygen atoms in total. The van der Waals surface area contributed by atoms with E-state index in [2.05, 4.69) is 0 Å². The molecule has 1 aromatic rings.